The van der Waals surface area contributed by atoms with Crippen LogP contribution in [0.5, 0.6) is 6.01 Å². The van der Waals surface area contributed by atoms with Gasteiger partial charge in [-0.15, -0.1) is 0 Å². The summed E-state index contributed by atoms with van der Waals surface area (Å²) in [6, 6.07) is 5.50. The Morgan fingerprint density at radius 2 is 1.97 bits per heavy atom. The lowest BCUT2D eigenvalue weighted by atomic mass is 9.78. The van der Waals surface area contributed by atoms with Gasteiger partial charge in [0, 0.05) is 22.7 Å². The number of carbonyl (C=O) groups is 1. The molecular weight excluding hydrogens is 490 g/mol. The summed E-state index contributed by atoms with van der Waals surface area (Å²) in [6.07, 6.45) is -5.03. The predicted octanol–water partition coefficient (Wildman–Crippen LogP) is 5.53. The van der Waals surface area contributed by atoms with E-state index in [1.165, 1.54) is 25.1 Å². The summed E-state index contributed by atoms with van der Waals surface area (Å²) >= 11 is 12.0. The van der Waals surface area contributed by atoms with E-state index in [1.807, 2.05) is 0 Å². The Balaban J connectivity index is 1.94. The van der Waals surface area contributed by atoms with Crippen molar-refractivity contribution in [2.75, 3.05) is 6.61 Å². The highest BCUT2D eigenvalue weighted by Crippen LogP contribution is 2.50. The summed E-state index contributed by atoms with van der Waals surface area (Å²) in [5.74, 6) is -1.65. The molecule has 3 rings (SSSR count). The van der Waals surface area contributed by atoms with Crippen molar-refractivity contribution < 1.29 is 37.1 Å². The average molecular weight is 506 g/mol. The zero-order valence-electron chi connectivity index (χ0n) is 17.1. The molecule has 2 heterocycles. The lowest BCUT2D eigenvalue weighted by molar-refractivity contribution is -0.274. The van der Waals surface area contributed by atoms with Crippen LogP contribution >= 0.6 is 23.2 Å². The van der Waals surface area contributed by atoms with Crippen molar-refractivity contribution in [1.29, 1.82) is 0 Å². The van der Waals surface area contributed by atoms with Crippen molar-refractivity contribution in [3.63, 3.8) is 0 Å². The van der Waals surface area contributed by atoms with Gasteiger partial charge in [-0.1, -0.05) is 36.2 Å². The molecule has 3 aromatic rings. The molecule has 0 fully saturated rings. The molecule has 0 saturated carbocycles. The Morgan fingerprint density at radius 1 is 1.24 bits per heavy atom. The first-order valence-corrected chi connectivity index (χ1v) is 10.1. The van der Waals surface area contributed by atoms with Crippen LogP contribution in [0, 0.1) is 0 Å². The zero-order valence-corrected chi connectivity index (χ0v) is 18.6. The molecule has 2 aromatic heterocycles. The molecule has 0 saturated heterocycles. The second kappa shape index (κ2) is 9.54. The summed E-state index contributed by atoms with van der Waals surface area (Å²) in [6.45, 7) is 2.84. The Hall–Kier alpha value is -2.89. The van der Waals surface area contributed by atoms with Gasteiger partial charge in [0.1, 0.15) is 5.15 Å². The molecule has 8 nitrogen and oxygen atoms in total. The first kappa shape index (κ1) is 24.7. The van der Waals surface area contributed by atoms with Gasteiger partial charge in [0.2, 0.25) is 0 Å². The molecule has 2 atom stereocenters. The third-order valence-corrected chi connectivity index (χ3v) is 5.32. The molecule has 176 valence electrons. The van der Waals surface area contributed by atoms with E-state index in [4.69, 9.17) is 32.5 Å². The van der Waals surface area contributed by atoms with Gasteiger partial charge in [0.15, 0.2) is 5.60 Å². The lowest BCUT2D eigenvalue weighted by Gasteiger charge is -2.37. The predicted molar refractivity (Wildman–Crippen MR) is 110 cm³/mol. The summed E-state index contributed by atoms with van der Waals surface area (Å²) in [5, 5.41) is 14.0. The van der Waals surface area contributed by atoms with Crippen LogP contribution in [0.15, 0.2) is 41.1 Å². The van der Waals surface area contributed by atoms with Gasteiger partial charge in [-0.25, -0.2) is 9.78 Å². The highest BCUT2D eigenvalue weighted by atomic mass is 35.5. The second-order valence-electron chi connectivity index (χ2n) is 6.76. The molecular formula is C20H16Cl2F3N3O5. The molecule has 1 N–H and O–H groups in total. The zero-order chi connectivity index (χ0) is 24.4. The minimum Gasteiger partial charge on any atom is -0.434 e. The summed E-state index contributed by atoms with van der Waals surface area (Å²) < 4.78 is 56.4. The third-order valence-electron chi connectivity index (χ3n) is 4.78. The lowest BCUT2D eigenvalue weighted by Crippen LogP contribution is -2.46. The van der Waals surface area contributed by atoms with Crippen molar-refractivity contribution in [2.24, 2.45) is 0 Å². The SMILES string of the molecule is CCOC(=O)Oc1noc(-c2ccc(C(C)C(O)(c3ccnc(Cl)c3)C(F)(F)F)c(Cl)c2)n1. The van der Waals surface area contributed by atoms with E-state index in [1.54, 1.807) is 6.92 Å². The highest BCUT2D eigenvalue weighted by Gasteiger charge is 2.59. The first-order valence-electron chi connectivity index (χ1n) is 9.36. The number of hydrogen-bond acceptors (Lipinski definition) is 8. The minimum atomic E-state index is -5.06. The number of aromatic nitrogens is 3. The molecule has 0 aliphatic heterocycles. The van der Waals surface area contributed by atoms with Crippen LogP contribution in [-0.4, -0.2) is 39.2 Å². The molecule has 0 aliphatic carbocycles. The average Bonchev–Trinajstić information content (AvgIpc) is 3.20. The summed E-state index contributed by atoms with van der Waals surface area (Å²) in [4.78, 5) is 18.8. The number of aliphatic hydroxyl groups is 1. The van der Waals surface area contributed by atoms with Crippen LogP contribution in [0.25, 0.3) is 11.5 Å². The molecule has 0 bridgehead atoms. The van der Waals surface area contributed by atoms with Gasteiger partial charge < -0.3 is 19.1 Å². The van der Waals surface area contributed by atoms with Crippen molar-refractivity contribution >= 4 is 29.4 Å². The number of nitrogens with zero attached hydrogens (tertiary/aromatic N) is 3. The van der Waals surface area contributed by atoms with E-state index in [-0.39, 0.29) is 33.8 Å². The van der Waals surface area contributed by atoms with E-state index in [2.05, 4.69) is 19.9 Å². The Bertz CT molecular complexity index is 1160. The van der Waals surface area contributed by atoms with Gasteiger partial charge >= 0.3 is 18.3 Å². The molecule has 0 amide bonds. The van der Waals surface area contributed by atoms with Crippen LogP contribution in [0.2, 0.25) is 10.2 Å². The largest absolute Gasteiger partial charge is 0.516 e. The van der Waals surface area contributed by atoms with Crippen LogP contribution < -0.4 is 4.74 Å². The van der Waals surface area contributed by atoms with Crippen LogP contribution in [-0.2, 0) is 10.3 Å². The summed E-state index contributed by atoms with van der Waals surface area (Å²) in [7, 11) is 0. The number of halogens is 5. The first-order chi connectivity index (χ1) is 15.5. The van der Waals surface area contributed by atoms with Crippen molar-refractivity contribution in [2.45, 2.75) is 31.5 Å². The van der Waals surface area contributed by atoms with Gasteiger partial charge in [-0.3, -0.25) is 0 Å². The number of pyridine rings is 1. The molecule has 0 aliphatic rings. The van der Waals surface area contributed by atoms with Crippen LogP contribution in [0.1, 0.15) is 30.9 Å². The van der Waals surface area contributed by atoms with E-state index < -0.39 is 35.4 Å². The van der Waals surface area contributed by atoms with E-state index >= 15 is 0 Å². The van der Waals surface area contributed by atoms with Crippen molar-refractivity contribution in [3.8, 4) is 17.5 Å². The normalized spacial score (nSPS) is 14.4. The molecule has 13 heteroatoms. The maximum atomic E-state index is 14.1. The molecule has 2 unspecified atom stereocenters. The van der Waals surface area contributed by atoms with Crippen LogP contribution in [0.4, 0.5) is 18.0 Å². The van der Waals surface area contributed by atoms with E-state index in [9.17, 15) is 23.1 Å². The van der Waals surface area contributed by atoms with Gasteiger partial charge in [-0.05, 0) is 47.5 Å². The van der Waals surface area contributed by atoms with Gasteiger partial charge in [0.05, 0.1) is 6.61 Å². The third kappa shape index (κ3) is 5.05. The number of rotatable bonds is 6. The van der Waals surface area contributed by atoms with Crippen molar-refractivity contribution in [3.05, 3.63) is 57.8 Å². The van der Waals surface area contributed by atoms with E-state index in [0.717, 1.165) is 18.3 Å². The number of benzene rings is 1. The fraction of sp³-hybridized carbons (Fsp3) is 0.300. The molecule has 0 radical (unpaired) electrons. The second-order valence-corrected chi connectivity index (χ2v) is 7.55. The Labute approximate surface area is 195 Å². The standard InChI is InChI=1S/C20H16Cl2F3N3O5/c1-3-31-18(29)32-17-27-16(33-28-17)11-4-5-13(14(21)8-11)10(2)19(30,20(23,24)25)12-6-7-26-15(22)9-12/h4-10,30H,3H2,1-2H3. The molecule has 33 heavy (non-hydrogen) atoms. The molecule has 0 spiro atoms. The van der Waals surface area contributed by atoms with Gasteiger partial charge in [-0.2, -0.15) is 18.2 Å². The smallest absolute Gasteiger partial charge is 0.434 e. The molecule has 1 aromatic carbocycles. The minimum absolute atomic E-state index is 0.00399. The monoisotopic (exact) mass is 505 g/mol. The van der Waals surface area contributed by atoms with E-state index in [0.29, 0.717) is 0 Å². The highest BCUT2D eigenvalue weighted by molar-refractivity contribution is 6.31. The topological polar surface area (TPSA) is 108 Å². The Morgan fingerprint density at radius 3 is 2.58 bits per heavy atom. The number of carbonyl (C=O) groups excluding carboxylic acids is 1. The quantitative estimate of drug-likeness (QED) is 0.344. The Kier molecular flexibility index (Phi) is 7.15. The van der Waals surface area contributed by atoms with Gasteiger partial charge in [0.25, 0.3) is 5.89 Å². The fourth-order valence-electron chi connectivity index (χ4n) is 3.13. The number of alkyl halides is 3. The van der Waals surface area contributed by atoms with Crippen LogP contribution in [0.3, 0.4) is 0 Å². The number of ether oxygens (including phenoxy) is 2. The van der Waals surface area contributed by atoms with Crippen molar-refractivity contribution in [1.82, 2.24) is 15.1 Å². The maximum absolute atomic E-state index is 14.1. The fourth-order valence-corrected chi connectivity index (χ4v) is 3.64. The number of hydrogen-bond donors (Lipinski definition) is 1. The summed E-state index contributed by atoms with van der Waals surface area (Å²) in [5.41, 5.74) is -3.56. The maximum Gasteiger partial charge on any atom is 0.516 e.